The minimum atomic E-state index is -0.265. The number of halogens is 3. The second-order valence-corrected chi connectivity index (χ2v) is 5.58. The van der Waals surface area contributed by atoms with Gasteiger partial charge in [-0.25, -0.2) is 4.39 Å². The molecule has 0 aliphatic carbocycles. The first-order valence-corrected chi connectivity index (χ1v) is 7.21. The van der Waals surface area contributed by atoms with Gasteiger partial charge in [-0.1, -0.05) is 39.7 Å². The Morgan fingerprint density at radius 3 is 2.60 bits per heavy atom. The Kier molecular flexibility index (Phi) is 5.15. The van der Waals surface area contributed by atoms with E-state index in [9.17, 15) is 9.18 Å². The lowest BCUT2D eigenvalue weighted by molar-refractivity contribution is 0.0954. The summed E-state index contributed by atoms with van der Waals surface area (Å²) in [6, 6.07) is 11.3. The zero-order valence-corrected chi connectivity index (χ0v) is 12.8. The van der Waals surface area contributed by atoms with E-state index in [1.807, 2.05) is 0 Å². The molecular weight excluding hydrogens is 345 g/mol. The van der Waals surface area contributed by atoms with Gasteiger partial charge in [-0.2, -0.15) is 0 Å². The molecule has 104 valence electrons. The molecule has 1 amide bonds. The van der Waals surface area contributed by atoms with Gasteiger partial charge in [-0.05, 0) is 42.3 Å². The Morgan fingerprint density at radius 1 is 1.20 bits per heavy atom. The second kappa shape index (κ2) is 6.86. The van der Waals surface area contributed by atoms with E-state index in [4.69, 9.17) is 11.6 Å². The molecule has 0 atom stereocenters. The number of hydrogen-bond donors (Lipinski definition) is 1. The van der Waals surface area contributed by atoms with Crippen LogP contribution in [0.25, 0.3) is 0 Å². The number of hydrogen-bond acceptors (Lipinski definition) is 1. The highest BCUT2D eigenvalue weighted by molar-refractivity contribution is 9.10. The minimum Gasteiger partial charge on any atom is -0.352 e. The monoisotopic (exact) mass is 355 g/mol. The van der Waals surface area contributed by atoms with E-state index >= 15 is 0 Å². The first-order chi connectivity index (χ1) is 9.56. The van der Waals surface area contributed by atoms with Crippen LogP contribution in [-0.2, 0) is 6.42 Å². The Labute approximate surface area is 130 Å². The molecule has 0 saturated heterocycles. The van der Waals surface area contributed by atoms with Crippen LogP contribution >= 0.6 is 27.5 Å². The maximum atomic E-state index is 12.8. The molecule has 2 aromatic rings. The molecule has 0 radical (unpaired) electrons. The van der Waals surface area contributed by atoms with Gasteiger partial charge in [0.25, 0.3) is 5.91 Å². The molecule has 0 spiro atoms. The van der Waals surface area contributed by atoms with E-state index in [0.717, 1.165) is 10.0 Å². The van der Waals surface area contributed by atoms with Crippen molar-refractivity contribution in [3.63, 3.8) is 0 Å². The van der Waals surface area contributed by atoms with Gasteiger partial charge in [0.05, 0.1) is 10.6 Å². The van der Waals surface area contributed by atoms with Crippen molar-refractivity contribution < 1.29 is 9.18 Å². The maximum Gasteiger partial charge on any atom is 0.252 e. The highest BCUT2D eigenvalue weighted by Gasteiger charge is 2.10. The summed E-state index contributed by atoms with van der Waals surface area (Å²) >= 11 is 9.28. The summed E-state index contributed by atoms with van der Waals surface area (Å²) in [7, 11) is 0. The average Bonchev–Trinajstić information content (AvgIpc) is 2.43. The molecular formula is C15H12BrClFNO. The van der Waals surface area contributed by atoms with Crippen molar-refractivity contribution >= 4 is 33.4 Å². The predicted octanol–water partition coefficient (Wildman–Crippen LogP) is 4.21. The van der Waals surface area contributed by atoms with Crippen molar-refractivity contribution in [3.05, 3.63) is 68.9 Å². The highest BCUT2D eigenvalue weighted by atomic mass is 79.9. The molecule has 1 N–H and O–H groups in total. The van der Waals surface area contributed by atoms with E-state index in [0.29, 0.717) is 23.6 Å². The quantitative estimate of drug-likeness (QED) is 0.873. The van der Waals surface area contributed by atoms with Crippen molar-refractivity contribution in [2.75, 3.05) is 6.54 Å². The average molecular weight is 357 g/mol. The standard InChI is InChI=1S/C15H12BrClFNO/c16-11-3-6-14(17)13(9-11)15(20)19-8-7-10-1-4-12(18)5-2-10/h1-6,9H,7-8H2,(H,19,20). The SMILES string of the molecule is O=C(NCCc1ccc(F)cc1)c1cc(Br)ccc1Cl. The molecule has 0 aromatic heterocycles. The molecule has 0 bridgehead atoms. The lowest BCUT2D eigenvalue weighted by Crippen LogP contribution is -2.26. The van der Waals surface area contributed by atoms with Gasteiger partial charge in [-0.3, -0.25) is 4.79 Å². The van der Waals surface area contributed by atoms with Gasteiger partial charge < -0.3 is 5.32 Å². The van der Waals surface area contributed by atoms with Gasteiger partial charge in [0.1, 0.15) is 5.82 Å². The minimum absolute atomic E-state index is 0.224. The molecule has 2 nitrogen and oxygen atoms in total. The fourth-order valence-corrected chi connectivity index (χ4v) is 2.30. The van der Waals surface area contributed by atoms with E-state index < -0.39 is 0 Å². The Balaban J connectivity index is 1.92. The van der Waals surface area contributed by atoms with Gasteiger partial charge >= 0.3 is 0 Å². The number of carbonyl (C=O) groups excluding carboxylic acids is 1. The summed E-state index contributed by atoms with van der Waals surface area (Å²) in [6.07, 6.45) is 0.637. The lowest BCUT2D eigenvalue weighted by Gasteiger charge is -2.07. The fraction of sp³-hybridized carbons (Fsp3) is 0.133. The molecule has 0 aliphatic heterocycles. The number of benzene rings is 2. The lowest BCUT2D eigenvalue weighted by atomic mass is 10.1. The van der Waals surface area contributed by atoms with Crippen molar-refractivity contribution in [2.45, 2.75) is 6.42 Å². The number of nitrogens with one attached hydrogen (secondary N) is 1. The van der Waals surface area contributed by atoms with Crippen LogP contribution in [-0.4, -0.2) is 12.5 Å². The van der Waals surface area contributed by atoms with Crippen LogP contribution in [0.3, 0.4) is 0 Å². The maximum absolute atomic E-state index is 12.8. The third-order valence-corrected chi connectivity index (χ3v) is 3.61. The molecule has 2 rings (SSSR count). The smallest absolute Gasteiger partial charge is 0.252 e. The van der Waals surface area contributed by atoms with Crippen LogP contribution in [0.5, 0.6) is 0 Å². The molecule has 20 heavy (non-hydrogen) atoms. The van der Waals surface area contributed by atoms with E-state index in [2.05, 4.69) is 21.2 Å². The largest absolute Gasteiger partial charge is 0.352 e. The summed E-state index contributed by atoms with van der Waals surface area (Å²) in [5.74, 6) is -0.489. The highest BCUT2D eigenvalue weighted by Crippen LogP contribution is 2.20. The fourth-order valence-electron chi connectivity index (χ4n) is 1.74. The van der Waals surface area contributed by atoms with Gasteiger partial charge in [-0.15, -0.1) is 0 Å². The van der Waals surface area contributed by atoms with E-state index in [-0.39, 0.29) is 11.7 Å². The Bertz CT molecular complexity index is 616. The second-order valence-electron chi connectivity index (χ2n) is 4.26. The van der Waals surface area contributed by atoms with Crippen molar-refractivity contribution in [3.8, 4) is 0 Å². The Hall–Kier alpha value is -1.39. The zero-order valence-electron chi connectivity index (χ0n) is 10.5. The molecule has 0 heterocycles. The van der Waals surface area contributed by atoms with Crippen LogP contribution in [0.1, 0.15) is 15.9 Å². The first-order valence-electron chi connectivity index (χ1n) is 6.04. The third kappa shape index (κ3) is 4.05. The predicted molar refractivity (Wildman–Crippen MR) is 81.6 cm³/mol. The normalized spacial score (nSPS) is 10.3. The van der Waals surface area contributed by atoms with Gasteiger partial charge in [0.2, 0.25) is 0 Å². The molecule has 5 heteroatoms. The van der Waals surface area contributed by atoms with Crippen molar-refractivity contribution in [1.29, 1.82) is 0 Å². The van der Waals surface area contributed by atoms with Crippen LogP contribution < -0.4 is 5.32 Å². The van der Waals surface area contributed by atoms with Crippen LogP contribution in [0.4, 0.5) is 4.39 Å². The van der Waals surface area contributed by atoms with Crippen molar-refractivity contribution in [2.24, 2.45) is 0 Å². The van der Waals surface area contributed by atoms with E-state index in [1.54, 1.807) is 30.3 Å². The molecule has 0 aliphatic rings. The van der Waals surface area contributed by atoms with Crippen LogP contribution in [0.15, 0.2) is 46.9 Å². The number of rotatable bonds is 4. The number of amides is 1. The summed E-state index contributed by atoms with van der Waals surface area (Å²) in [6.45, 7) is 0.466. The van der Waals surface area contributed by atoms with Gasteiger partial charge in [0.15, 0.2) is 0 Å². The molecule has 0 saturated carbocycles. The molecule has 0 unspecified atom stereocenters. The van der Waals surface area contributed by atoms with Gasteiger partial charge in [0, 0.05) is 11.0 Å². The number of carbonyl (C=O) groups is 1. The first kappa shape index (κ1) is 15.0. The summed E-state index contributed by atoms with van der Waals surface area (Å²) < 4.78 is 13.5. The summed E-state index contributed by atoms with van der Waals surface area (Å²) in [5, 5.41) is 3.20. The topological polar surface area (TPSA) is 29.1 Å². The zero-order chi connectivity index (χ0) is 14.5. The summed E-state index contributed by atoms with van der Waals surface area (Å²) in [4.78, 5) is 12.0. The van der Waals surface area contributed by atoms with Crippen molar-refractivity contribution in [1.82, 2.24) is 5.32 Å². The van der Waals surface area contributed by atoms with E-state index in [1.165, 1.54) is 12.1 Å². The Morgan fingerprint density at radius 2 is 1.90 bits per heavy atom. The third-order valence-electron chi connectivity index (χ3n) is 2.79. The molecule has 2 aromatic carbocycles. The molecule has 0 fully saturated rings. The van der Waals surface area contributed by atoms with Crippen LogP contribution in [0, 0.1) is 5.82 Å². The van der Waals surface area contributed by atoms with Crippen LogP contribution in [0.2, 0.25) is 5.02 Å². The summed E-state index contributed by atoms with van der Waals surface area (Å²) in [5.41, 5.74) is 1.40.